The third-order valence-electron chi connectivity index (χ3n) is 8.45. The van der Waals surface area contributed by atoms with E-state index in [1.807, 2.05) is 73.7 Å². The van der Waals surface area contributed by atoms with Gasteiger partial charge < -0.3 is 4.90 Å². The summed E-state index contributed by atoms with van der Waals surface area (Å²) in [7, 11) is 0. The van der Waals surface area contributed by atoms with Crippen LogP contribution in [-0.2, 0) is 19.9 Å². The number of nitrogens with zero attached hydrogens (tertiary/aromatic N) is 3. The lowest BCUT2D eigenvalue weighted by Crippen LogP contribution is -2.56. The lowest BCUT2D eigenvalue weighted by molar-refractivity contribution is -0.137. The van der Waals surface area contributed by atoms with E-state index in [4.69, 9.17) is 0 Å². The first kappa shape index (κ1) is 19.9. The Morgan fingerprint density at radius 3 is 2.50 bits per heavy atom. The quantitative estimate of drug-likeness (QED) is 0.558. The molecule has 3 aromatic rings. The largest absolute Gasteiger partial charge is 0.310 e. The SMILES string of the molecule is CCN1C(=O)[C@]2(c3ccccc31)[C@@H]1C(=O)N(c3ccc4ccccc4c3)C(=O)[C@H]1[C@H]1CCCN12. The molecule has 0 N–H and O–H groups in total. The average Bonchev–Trinajstić information content (AvgIpc) is 3.56. The highest BCUT2D eigenvalue weighted by atomic mass is 16.2. The number of hydrogen-bond acceptors (Lipinski definition) is 4. The molecule has 34 heavy (non-hydrogen) atoms. The van der Waals surface area contributed by atoms with E-state index in [0.29, 0.717) is 12.2 Å². The van der Waals surface area contributed by atoms with Crippen LogP contribution in [0.5, 0.6) is 0 Å². The van der Waals surface area contributed by atoms with Gasteiger partial charge in [-0.3, -0.25) is 19.3 Å². The molecule has 7 rings (SSSR count). The maximum atomic E-state index is 14.2. The maximum absolute atomic E-state index is 14.2. The van der Waals surface area contributed by atoms with E-state index in [1.165, 1.54) is 4.90 Å². The molecule has 4 aliphatic heterocycles. The Morgan fingerprint density at radius 1 is 0.912 bits per heavy atom. The minimum Gasteiger partial charge on any atom is -0.310 e. The predicted octanol–water partition coefficient (Wildman–Crippen LogP) is 3.69. The second kappa shape index (κ2) is 6.76. The van der Waals surface area contributed by atoms with Crippen molar-refractivity contribution in [3.63, 3.8) is 0 Å². The third kappa shape index (κ3) is 2.18. The van der Waals surface area contributed by atoms with Gasteiger partial charge in [0.15, 0.2) is 0 Å². The van der Waals surface area contributed by atoms with Gasteiger partial charge in [-0.2, -0.15) is 0 Å². The zero-order valence-corrected chi connectivity index (χ0v) is 19.0. The predicted molar refractivity (Wildman–Crippen MR) is 129 cm³/mol. The number of likely N-dealkylation sites (N-methyl/N-ethyl adjacent to an activating group) is 1. The van der Waals surface area contributed by atoms with Gasteiger partial charge >= 0.3 is 0 Å². The van der Waals surface area contributed by atoms with E-state index < -0.39 is 17.4 Å². The molecule has 0 bridgehead atoms. The summed E-state index contributed by atoms with van der Waals surface area (Å²) >= 11 is 0. The van der Waals surface area contributed by atoms with Crippen molar-refractivity contribution < 1.29 is 14.4 Å². The zero-order chi connectivity index (χ0) is 23.2. The summed E-state index contributed by atoms with van der Waals surface area (Å²) in [5, 5.41) is 2.04. The Labute approximate surface area is 197 Å². The van der Waals surface area contributed by atoms with Crippen LogP contribution < -0.4 is 9.80 Å². The molecule has 0 aliphatic carbocycles. The topological polar surface area (TPSA) is 60.9 Å². The standard InChI is InChI=1S/C28H25N3O3/c1-2-29-21-11-6-5-10-20(21)28(27(29)34)24-23(22-12-7-15-30(22)28)25(32)31(26(24)33)19-14-13-17-8-3-4-9-18(17)16-19/h3-6,8-11,13-14,16,22-24H,2,7,12,15H2,1H3/t22-,23+,24+,28+/m1/s1. The van der Waals surface area contributed by atoms with Crippen molar-refractivity contribution in [3.05, 3.63) is 72.3 Å². The van der Waals surface area contributed by atoms with Crippen molar-refractivity contribution in [3.8, 4) is 0 Å². The number of hydrogen-bond donors (Lipinski definition) is 0. The first-order valence-electron chi connectivity index (χ1n) is 12.1. The number of anilines is 2. The third-order valence-corrected chi connectivity index (χ3v) is 8.45. The first-order chi connectivity index (χ1) is 16.6. The number of imide groups is 1. The lowest BCUT2D eigenvalue weighted by Gasteiger charge is -2.37. The Bertz CT molecular complexity index is 1400. The zero-order valence-electron chi connectivity index (χ0n) is 19.0. The molecule has 3 saturated heterocycles. The smallest absolute Gasteiger partial charge is 0.253 e. The van der Waals surface area contributed by atoms with Crippen LogP contribution in [-0.4, -0.2) is 41.8 Å². The molecule has 0 saturated carbocycles. The van der Waals surface area contributed by atoms with Gasteiger partial charge in [0.05, 0.1) is 17.5 Å². The normalized spacial score (nSPS) is 30.0. The highest BCUT2D eigenvalue weighted by molar-refractivity contribution is 6.26. The minimum atomic E-state index is -1.10. The van der Waals surface area contributed by atoms with Crippen LogP contribution >= 0.6 is 0 Å². The van der Waals surface area contributed by atoms with Crippen molar-refractivity contribution in [1.82, 2.24) is 4.90 Å². The van der Waals surface area contributed by atoms with Crippen LogP contribution in [0.4, 0.5) is 11.4 Å². The number of amides is 3. The van der Waals surface area contributed by atoms with Gasteiger partial charge in [-0.25, -0.2) is 4.90 Å². The van der Waals surface area contributed by atoms with Crippen LogP contribution in [0, 0.1) is 11.8 Å². The number of carbonyl (C=O) groups excluding carboxylic acids is 3. The van der Waals surface area contributed by atoms with E-state index in [2.05, 4.69) is 4.90 Å². The highest BCUT2D eigenvalue weighted by Gasteiger charge is 2.75. The molecule has 4 heterocycles. The van der Waals surface area contributed by atoms with Gasteiger partial charge in [-0.15, -0.1) is 0 Å². The van der Waals surface area contributed by atoms with Gasteiger partial charge in [0.2, 0.25) is 11.8 Å². The molecule has 4 aliphatic rings. The molecule has 6 nitrogen and oxygen atoms in total. The summed E-state index contributed by atoms with van der Waals surface area (Å²) in [6.45, 7) is 3.22. The second-order valence-corrected chi connectivity index (χ2v) is 9.78. The number of fused-ring (bicyclic) bond motifs is 8. The lowest BCUT2D eigenvalue weighted by atomic mass is 9.75. The van der Waals surface area contributed by atoms with Gasteiger partial charge in [0.1, 0.15) is 5.54 Å². The monoisotopic (exact) mass is 451 g/mol. The molecule has 4 atom stereocenters. The summed E-state index contributed by atoms with van der Waals surface area (Å²) in [4.78, 5) is 47.7. The number of carbonyl (C=O) groups is 3. The van der Waals surface area contributed by atoms with E-state index in [-0.39, 0.29) is 23.8 Å². The van der Waals surface area contributed by atoms with Crippen LogP contribution in [0.15, 0.2) is 66.7 Å². The number of para-hydroxylation sites is 1. The molecular formula is C28H25N3O3. The van der Waals surface area contributed by atoms with Gasteiger partial charge in [0, 0.05) is 23.8 Å². The molecule has 0 aromatic heterocycles. The van der Waals surface area contributed by atoms with Crippen molar-refractivity contribution in [2.45, 2.75) is 31.3 Å². The fourth-order valence-electron chi connectivity index (χ4n) is 7.22. The van der Waals surface area contributed by atoms with Crippen molar-refractivity contribution in [2.75, 3.05) is 22.9 Å². The van der Waals surface area contributed by atoms with Crippen molar-refractivity contribution >= 4 is 39.9 Å². The Morgan fingerprint density at radius 2 is 1.68 bits per heavy atom. The summed E-state index contributed by atoms with van der Waals surface area (Å²) in [5.74, 6) is -1.69. The van der Waals surface area contributed by atoms with Gasteiger partial charge in [-0.05, 0) is 55.3 Å². The van der Waals surface area contributed by atoms with Crippen LogP contribution in [0.3, 0.4) is 0 Å². The highest BCUT2D eigenvalue weighted by Crippen LogP contribution is 2.61. The van der Waals surface area contributed by atoms with Gasteiger partial charge in [0.25, 0.3) is 5.91 Å². The second-order valence-electron chi connectivity index (χ2n) is 9.78. The first-order valence-corrected chi connectivity index (χ1v) is 12.1. The maximum Gasteiger partial charge on any atom is 0.253 e. The summed E-state index contributed by atoms with van der Waals surface area (Å²) in [6.07, 6.45) is 1.75. The van der Waals surface area contributed by atoms with E-state index in [0.717, 1.165) is 41.4 Å². The van der Waals surface area contributed by atoms with Gasteiger partial charge in [-0.1, -0.05) is 48.5 Å². The molecule has 3 fully saturated rings. The van der Waals surface area contributed by atoms with Crippen molar-refractivity contribution in [2.24, 2.45) is 11.8 Å². The molecule has 0 radical (unpaired) electrons. The Kier molecular flexibility index (Phi) is 3.96. The number of rotatable bonds is 2. The molecular weight excluding hydrogens is 426 g/mol. The molecule has 1 spiro atoms. The summed E-state index contributed by atoms with van der Waals surface area (Å²) < 4.78 is 0. The van der Waals surface area contributed by atoms with Crippen LogP contribution in [0.25, 0.3) is 10.8 Å². The summed E-state index contributed by atoms with van der Waals surface area (Å²) in [5.41, 5.74) is 1.24. The van der Waals surface area contributed by atoms with E-state index in [1.54, 1.807) is 4.90 Å². The van der Waals surface area contributed by atoms with Crippen LogP contribution in [0.2, 0.25) is 0 Å². The Hall–Kier alpha value is -3.51. The fourth-order valence-corrected chi connectivity index (χ4v) is 7.22. The number of benzene rings is 3. The van der Waals surface area contributed by atoms with E-state index >= 15 is 0 Å². The van der Waals surface area contributed by atoms with Crippen molar-refractivity contribution in [1.29, 1.82) is 0 Å². The summed E-state index contributed by atoms with van der Waals surface area (Å²) in [6, 6.07) is 21.4. The molecule has 0 unspecified atom stereocenters. The minimum absolute atomic E-state index is 0.0582. The fraction of sp³-hybridized carbons (Fsp3) is 0.321. The Balaban J connectivity index is 1.42. The van der Waals surface area contributed by atoms with Crippen LogP contribution in [0.1, 0.15) is 25.3 Å². The molecule has 3 aromatic carbocycles. The molecule has 6 heteroatoms. The van der Waals surface area contributed by atoms with E-state index in [9.17, 15) is 14.4 Å². The molecule has 3 amide bonds. The molecule has 170 valence electrons. The average molecular weight is 452 g/mol.